The van der Waals surface area contributed by atoms with E-state index in [0.29, 0.717) is 24.7 Å². The first kappa shape index (κ1) is 19.9. The first-order chi connectivity index (χ1) is 14.0. The lowest BCUT2D eigenvalue weighted by atomic mass is 10.1. The molecule has 5 nitrogen and oxygen atoms in total. The van der Waals surface area contributed by atoms with Gasteiger partial charge in [-0.15, -0.1) is 0 Å². The predicted molar refractivity (Wildman–Crippen MR) is 109 cm³/mol. The van der Waals surface area contributed by atoms with Gasteiger partial charge in [-0.25, -0.2) is 4.39 Å². The van der Waals surface area contributed by atoms with Crippen molar-refractivity contribution < 1.29 is 14.0 Å². The van der Waals surface area contributed by atoms with Crippen molar-refractivity contribution in [3.63, 3.8) is 0 Å². The second kappa shape index (κ2) is 8.51. The van der Waals surface area contributed by atoms with Crippen LogP contribution in [0.1, 0.15) is 23.1 Å². The van der Waals surface area contributed by atoms with Crippen LogP contribution in [0.5, 0.6) is 0 Å². The minimum atomic E-state index is -0.575. The summed E-state index contributed by atoms with van der Waals surface area (Å²) in [5.41, 5.74) is 3.26. The third-order valence-corrected chi connectivity index (χ3v) is 5.98. The Morgan fingerprint density at radius 3 is 2.62 bits per heavy atom. The van der Waals surface area contributed by atoms with Crippen molar-refractivity contribution in [3.8, 4) is 0 Å². The maximum absolute atomic E-state index is 13.3. The minimum absolute atomic E-state index is 0.0616. The molecular formula is C22H23ClFN3O2. The molecule has 0 saturated carbocycles. The summed E-state index contributed by atoms with van der Waals surface area (Å²) in [5, 5.41) is 6.23. The molecule has 2 aliphatic rings. The van der Waals surface area contributed by atoms with Gasteiger partial charge in [-0.05, 0) is 41.7 Å². The molecule has 2 aromatic carbocycles. The van der Waals surface area contributed by atoms with Gasteiger partial charge in [0.05, 0.1) is 12.5 Å². The molecule has 1 atom stereocenters. The SMILES string of the molecule is O=C(C[C@H]1C(=O)NCCN1Cc1ccc(F)cc1Cl)NC1Cc2ccccc2C1. The molecule has 0 radical (unpaired) electrons. The summed E-state index contributed by atoms with van der Waals surface area (Å²) in [6, 6.07) is 11.9. The molecule has 0 spiro atoms. The number of amides is 2. The molecule has 29 heavy (non-hydrogen) atoms. The Balaban J connectivity index is 1.39. The molecule has 1 aliphatic carbocycles. The van der Waals surface area contributed by atoms with Gasteiger partial charge in [-0.1, -0.05) is 41.9 Å². The molecule has 1 fully saturated rings. The number of nitrogens with one attached hydrogen (secondary N) is 2. The summed E-state index contributed by atoms with van der Waals surface area (Å²) in [7, 11) is 0. The lowest BCUT2D eigenvalue weighted by Crippen LogP contribution is -2.56. The summed E-state index contributed by atoms with van der Waals surface area (Å²) in [4.78, 5) is 27.1. The van der Waals surface area contributed by atoms with Gasteiger partial charge in [0.1, 0.15) is 5.82 Å². The van der Waals surface area contributed by atoms with Crippen molar-refractivity contribution in [3.05, 3.63) is 70.0 Å². The van der Waals surface area contributed by atoms with Crippen molar-refractivity contribution in [1.29, 1.82) is 0 Å². The summed E-state index contributed by atoms with van der Waals surface area (Å²) < 4.78 is 13.3. The fraction of sp³-hybridized carbons (Fsp3) is 0.364. The van der Waals surface area contributed by atoms with Crippen LogP contribution in [0.4, 0.5) is 4.39 Å². The summed E-state index contributed by atoms with van der Waals surface area (Å²) in [6.45, 7) is 1.50. The van der Waals surface area contributed by atoms with Gasteiger partial charge in [-0.2, -0.15) is 0 Å². The number of fused-ring (bicyclic) bond motifs is 1. The number of rotatable bonds is 5. The third kappa shape index (κ3) is 4.60. The van der Waals surface area contributed by atoms with Crippen molar-refractivity contribution in [2.24, 2.45) is 0 Å². The van der Waals surface area contributed by atoms with Crippen molar-refractivity contribution in [1.82, 2.24) is 15.5 Å². The van der Waals surface area contributed by atoms with Crippen molar-refractivity contribution in [2.45, 2.75) is 37.9 Å². The first-order valence-corrected chi connectivity index (χ1v) is 10.2. The molecule has 2 N–H and O–H groups in total. The normalized spacial score (nSPS) is 19.7. The predicted octanol–water partition coefficient (Wildman–Crippen LogP) is 2.45. The summed E-state index contributed by atoms with van der Waals surface area (Å²) >= 11 is 6.15. The van der Waals surface area contributed by atoms with E-state index in [2.05, 4.69) is 22.8 Å². The van der Waals surface area contributed by atoms with Gasteiger partial charge in [-0.3, -0.25) is 14.5 Å². The standard InChI is InChI=1S/C22H23ClFN3O2/c23-19-11-17(24)6-5-16(19)13-27-8-7-25-22(29)20(27)12-21(28)26-18-9-14-3-1-2-4-15(14)10-18/h1-6,11,18,20H,7-10,12-13H2,(H,25,29)(H,26,28)/t20-/m0/s1. The number of hydrogen-bond acceptors (Lipinski definition) is 3. The molecule has 0 unspecified atom stereocenters. The largest absolute Gasteiger partial charge is 0.353 e. The minimum Gasteiger partial charge on any atom is -0.353 e. The average molecular weight is 416 g/mol. The van der Waals surface area contributed by atoms with E-state index in [1.54, 1.807) is 6.07 Å². The molecule has 0 bridgehead atoms. The van der Waals surface area contributed by atoms with E-state index >= 15 is 0 Å². The lowest BCUT2D eigenvalue weighted by Gasteiger charge is -2.35. The highest BCUT2D eigenvalue weighted by molar-refractivity contribution is 6.31. The molecule has 2 amide bonds. The second-order valence-corrected chi connectivity index (χ2v) is 8.07. The topological polar surface area (TPSA) is 61.4 Å². The van der Waals surface area contributed by atoms with E-state index < -0.39 is 11.9 Å². The molecule has 1 aliphatic heterocycles. The molecule has 1 heterocycles. The van der Waals surface area contributed by atoms with Crippen LogP contribution in [0.15, 0.2) is 42.5 Å². The number of hydrogen-bond donors (Lipinski definition) is 2. The first-order valence-electron chi connectivity index (χ1n) is 9.81. The summed E-state index contributed by atoms with van der Waals surface area (Å²) in [6.07, 6.45) is 1.71. The summed E-state index contributed by atoms with van der Waals surface area (Å²) in [5.74, 6) is -0.706. The van der Waals surface area contributed by atoms with E-state index in [4.69, 9.17) is 11.6 Å². The number of carbonyl (C=O) groups is 2. The van der Waals surface area contributed by atoms with Crippen molar-refractivity contribution >= 4 is 23.4 Å². The average Bonchev–Trinajstić information content (AvgIpc) is 3.08. The van der Waals surface area contributed by atoms with E-state index in [-0.39, 0.29) is 24.3 Å². The Kier molecular flexibility index (Phi) is 5.83. The van der Waals surface area contributed by atoms with Gasteiger partial charge in [0.15, 0.2) is 0 Å². The number of benzene rings is 2. The molecule has 1 saturated heterocycles. The zero-order valence-corrected chi connectivity index (χ0v) is 16.7. The van der Waals surface area contributed by atoms with Gasteiger partial charge in [0.2, 0.25) is 11.8 Å². The molecule has 152 valence electrons. The van der Waals surface area contributed by atoms with Crippen LogP contribution in [0.2, 0.25) is 5.02 Å². The van der Waals surface area contributed by atoms with Gasteiger partial charge >= 0.3 is 0 Å². The zero-order chi connectivity index (χ0) is 20.4. The van der Waals surface area contributed by atoms with E-state index in [1.807, 2.05) is 17.0 Å². The number of piperazine rings is 1. The fourth-order valence-electron chi connectivity index (χ4n) is 4.17. The van der Waals surface area contributed by atoms with Crippen LogP contribution < -0.4 is 10.6 Å². The number of halogens is 2. The second-order valence-electron chi connectivity index (χ2n) is 7.66. The molecule has 7 heteroatoms. The fourth-order valence-corrected chi connectivity index (χ4v) is 4.39. The molecule has 4 rings (SSSR count). The monoisotopic (exact) mass is 415 g/mol. The zero-order valence-electron chi connectivity index (χ0n) is 16.0. The third-order valence-electron chi connectivity index (χ3n) is 5.63. The smallest absolute Gasteiger partial charge is 0.237 e. The van der Waals surface area contributed by atoms with Crippen LogP contribution >= 0.6 is 11.6 Å². The highest BCUT2D eigenvalue weighted by Gasteiger charge is 2.33. The number of carbonyl (C=O) groups excluding carboxylic acids is 2. The van der Waals surface area contributed by atoms with E-state index in [9.17, 15) is 14.0 Å². The molecule has 0 aromatic heterocycles. The van der Waals surface area contributed by atoms with Crippen molar-refractivity contribution in [2.75, 3.05) is 13.1 Å². The van der Waals surface area contributed by atoms with E-state index in [0.717, 1.165) is 18.4 Å². The van der Waals surface area contributed by atoms with Gasteiger partial charge in [0.25, 0.3) is 0 Å². The van der Waals surface area contributed by atoms with Gasteiger partial charge < -0.3 is 10.6 Å². The quantitative estimate of drug-likeness (QED) is 0.788. The highest BCUT2D eigenvalue weighted by Crippen LogP contribution is 2.23. The van der Waals surface area contributed by atoms with Crippen LogP contribution in [0, 0.1) is 5.82 Å². The maximum atomic E-state index is 13.3. The Labute approximate surface area is 174 Å². The maximum Gasteiger partial charge on any atom is 0.237 e. The van der Waals surface area contributed by atoms with Crippen LogP contribution in [0.3, 0.4) is 0 Å². The van der Waals surface area contributed by atoms with Crippen LogP contribution in [-0.2, 0) is 29.0 Å². The van der Waals surface area contributed by atoms with Crippen LogP contribution in [0.25, 0.3) is 0 Å². The lowest BCUT2D eigenvalue weighted by molar-refractivity contribution is -0.134. The van der Waals surface area contributed by atoms with E-state index in [1.165, 1.54) is 23.3 Å². The van der Waals surface area contributed by atoms with Crippen LogP contribution in [-0.4, -0.2) is 41.9 Å². The Morgan fingerprint density at radius 2 is 1.93 bits per heavy atom. The Morgan fingerprint density at radius 1 is 1.21 bits per heavy atom. The highest BCUT2D eigenvalue weighted by atomic mass is 35.5. The number of nitrogens with zero attached hydrogens (tertiary/aromatic N) is 1. The van der Waals surface area contributed by atoms with Gasteiger partial charge in [0, 0.05) is 30.7 Å². The molecule has 2 aromatic rings. The Hall–Kier alpha value is -2.44. The molecular weight excluding hydrogens is 393 g/mol. The Bertz CT molecular complexity index is 911.